The van der Waals surface area contributed by atoms with Crippen LogP contribution in [0.15, 0.2) is 18.2 Å². The minimum atomic E-state index is 0.222. The van der Waals surface area contributed by atoms with E-state index in [1.165, 1.54) is 11.8 Å². The molecular weight excluding hydrogens is 286 g/mol. The van der Waals surface area contributed by atoms with Gasteiger partial charge in [-0.2, -0.15) is 0 Å². The number of hydrogen-bond acceptors (Lipinski definition) is 4. The molecule has 18 heavy (non-hydrogen) atoms. The number of ether oxygens (including phenoxy) is 2. The van der Waals surface area contributed by atoms with Gasteiger partial charge in [-0.15, -0.1) is 8.93 Å². The van der Waals surface area contributed by atoms with Crippen LogP contribution in [-0.2, 0) is 0 Å². The Balaban J connectivity index is 2.78. The monoisotopic (exact) mass is 304 g/mol. The van der Waals surface area contributed by atoms with Gasteiger partial charge in [-0.05, 0) is 25.8 Å². The molecule has 1 rings (SSSR count). The molecule has 3 atom stereocenters. The minimum absolute atomic E-state index is 0.222. The average Bonchev–Trinajstić information content (AvgIpc) is 2.43. The lowest BCUT2D eigenvalue weighted by atomic mass is 10.0. The van der Waals surface area contributed by atoms with Crippen LogP contribution in [0.3, 0.4) is 0 Å². The number of carbonyl (C=O) groups is 1. The fourth-order valence-electron chi connectivity index (χ4n) is 1.56. The molecule has 3 unspecified atom stereocenters. The van der Waals surface area contributed by atoms with Gasteiger partial charge >= 0.3 is 0 Å². The Kier molecular flexibility index (Phi) is 6.99. The summed E-state index contributed by atoms with van der Waals surface area (Å²) in [6, 6.07) is 5.78. The summed E-state index contributed by atoms with van der Waals surface area (Å²) in [6.07, 6.45) is 0. The van der Waals surface area contributed by atoms with Gasteiger partial charge in [-0.25, -0.2) is 0 Å². The second kappa shape index (κ2) is 7.99. The van der Waals surface area contributed by atoms with E-state index < -0.39 is 0 Å². The molecule has 0 bridgehead atoms. The van der Waals surface area contributed by atoms with E-state index in [9.17, 15) is 4.79 Å². The molecule has 0 heterocycles. The van der Waals surface area contributed by atoms with Gasteiger partial charge in [0.1, 0.15) is 11.5 Å². The maximum absolute atomic E-state index is 11.3. The van der Waals surface area contributed by atoms with E-state index in [0.717, 1.165) is 22.8 Å². The summed E-state index contributed by atoms with van der Waals surface area (Å²) < 4.78 is 10.5. The van der Waals surface area contributed by atoms with Crippen LogP contribution in [0.4, 0.5) is 4.79 Å². The number of rotatable bonds is 6. The van der Waals surface area contributed by atoms with E-state index in [1.54, 1.807) is 14.2 Å². The number of thioether (sulfide) groups is 1. The molecule has 1 aromatic carbocycles. The molecule has 0 saturated carbocycles. The van der Waals surface area contributed by atoms with Gasteiger partial charge in [0.2, 0.25) is 4.86 Å². The fourth-order valence-corrected chi connectivity index (χ4v) is 3.47. The van der Waals surface area contributed by atoms with Crippen molar-refractivity contribution in [3.63, 3.8) is 0 Å². The Morgan fingerprint density at radius 2 is 2.17 bits per heavy atom. The maximum Gasteiger partial charge on any atom is 0.210 e. The van der Waals surface area contributed by atoms with Crippen molar-refractivity contribution in [2.24, 2.45) is 0 Å². The zero-order valence-corrected chi connectivity index (χ0v) is 13.7. The molecule has 0 radical (unpaired) electrons. The molecule has 0 aliphatic rings. The van der Waals surface area contributed by atoms with Crippen LogP contribution in [0.25, 0.3) is 0 Å². The Hall–Kier alpha value is -0.300. The predicted molar refractivity (Wildman–Crippen MR) is 83.8 cm³/mol. The molecular formula is C12H18O3P2S. The summed E-state index contributed by atoms with van der Waals surface area (Å²) in [4.78, 5) is 11.5. The lowest BCUT2D eigenvalue weighted by Crippen LogP contribution is -2.01. The first-order valence-corrected chi connectivity index (χ1v) is 9.27. The van der Waals surface area contributed by atoms with E-state index in [-0.39, 0.29) is 19.0 Å². The van der Waals surface area contributed by atoms with Crippen molar-refractivity contribution in [1.29, 1.82) is 0 Å². The highest BCUT2D eigenvalue weighted by molar-refractivity contribution is 8.33. The van der Waals surface area contributed by atoms with Gasteiger partial charge in [-0.1, -0.05) is 24.8 Å². The third-order valence-electron chi connectivity index (χ3n) is 2.55. The zero-order valence-electron chi connectivity index (χ0n) is 10.7. The number of benzene rings is 1. The topological polar surface area (TPSA) is 35.5 Å². The van der Waals surface area contributed by atoms with E-state index in [0.29, 0.717) is 0 Å². The molecule has 0 amide bonds. The van der Waals surface area contributed by atoms with Gasteiger partial charge in [0, 0.05) is 11.8 Å². The van der Waals surface area contributed by atoms with Gasteiger partial charge in [-0.3, -0.25) is 4.79 Å². The van der Waals surface area contributed by atoms with Crippen LogP contribution in [0.2, 0.25) is 0 Å². The molecule has 0 fully saturated rings. The highest BCUT2D eigenvalue weighted by Gasteiger charge is 2.14. The lowest BCUT2D eigenvalue weighted by Gasteiger charge is -2.15. The van der Waals surface area contributed by atoms with E-state index in [4.69, 9.17) is 9.47 Å². The molecule has 0 spiro atoms. The van der Waals surface area contributed by atoms with E-state index in [2.05, 4.69) is 15.9 Å². The van der Waals surface area contributed by atoms with Crippen molar-refractivity contribution in [1.82, 2.24) is 0 Å². The van der Waals surface area contributed by atoms with Crippen LogP contribution in [0.5, 0.6) is 11.5 Å². The van der Waals surface area contributed by atoms with Crippen LogP contribution in [0, 0.1) is 0 Å². The molecule has 1 aromatic rings. The van der Waals surface area contributed by atoms with Crippen molar-refractivity contribution in [3.8, 4) is 11.5 Å². The van der Waals surface area contributed by atoms with Crippen LogP contribution >= 0.6 is 29.0 Å². The molecule has 100 valence electrons. The van der Waals surface area contributed by atoms with Crippen molar-refractivity contribution in [3.05, 3.63) is 23.8 Å². The Labute approximate surface area is 116 Å². The highest BCUT2D eigenvalue weighted by Crippen LogP contribution is 2.35. The molecule has 0 aliphatic carbocycles. The van der Waals surface area contributed by atoms with Gasteiger partial charge in [0.25, 0.3) is 0 Å². The molecule has 0 aliphatic heterocycles. The van der Waals surface area contributed by atoms with Crippen LogP contribution in [0.1, 0.15) is 18.4 Å². The normalized spacial score (nSPS) is 12.7. The summed E-state index contributed by atoms with van der Waals surface area (Å²) in [7, 11) is 6.03. The minimum Gasteiger partial charge on any atom is -0.497 e. The van der Waals surface area contributed by atoms with Crippen molar-refractivity contribution >= 4 is 33.8 Å². The summed E-state index contributed by atoms with van der Waals surface area (Å²) in [5, 5.41) is 0. The predicted octanol–water partition coefficient (Wildman–Crippen LogP) is 4.13. The highest BCUT2D eigenvalue weighted by atomic mass is 32.2. The smallest absolute Gasteiger partial charge is 0.210 e. The molecule has 3 nitrogen and oxygen atoms in total. The second-order valence-electron chi connectivity index (χ2n) is 3.75. The standard InChI is InChI=1S/C12H18O3P2S/c1-8(7-18-12(13)17-16)10-5-4-9(14-2)6-11(10)15-3/h4-6,8,17H,7,16H2,1-3H3. The molecule has 0 saturated heterocycles. The number of carbonyl (C=O) groups excluding carboxylic acids is 1. The second-order valence-corrected chi connectivity index (χ2v) is 6.72. The Morgan fingerprint density at radius 3 is 2.72 bits per heavy atom. The first-order chi connectivity index (χ1) is 8.62. The number of methoxy groups -OCH3 is 2. The largest absolute Gasteiger partial charge is 0.497 e. The van der Waals surface area contributed by atoms with Crippen molar-refractivity contribution < 1.29 is 14.3 Å². The van der Waals surface area contributed by atoms with Gasteiger partial charge in [0.15, 0.2) is 0 Å². The van der Waals surface area contributed by atoms with Crippen molar-refractivity contribution in [2.45, 2.75) is 12.8 Å². The van der Waals surface area contributed by atoms with Crippen molar-refractivity contribution in [2.75, 3.05) is 20.0 Å². The summed E-state index contributed by atoms with van der Waals surface area (Å²) in [5.74, 6) is 2.62. The zero-order chi connectivity index (χ0) is 13.5. The first-order valence-electron chi connectivity index (χ1n) is 5.47. The Morgan fingerprint density at radius 1 is 1.44 bits per heavy atom. The summed E-state index contributed by atoms with van der Waals surface area (Å²) >= 11 is 1.37. The van der Waals surface area contributed by atoms with E-state index in [1.807, 2.05) is 18.2 Å². The number of hydrogen-bond donors (Lipinski definition) is 0. The summed E-state index contributed by atoms with van der Waals surface area (Å²) in [5.41, 5.74) is 1.10. The molecule has 0 aromatic heterocycles. The van der Waals surface area contributed by atoms with E-state index >= 15 is 0 Å². The first kappa shape index (κ1) is 15.8. The van der Waals surface area contributed by atoms with Gasteiger partial charge in [0.05, 0.1) is 14.2 Å². The van der Waals surface area contributed by atoms with Gasteiger partial charge < -0.3 is 9.47 Å². The van der Waals surface area contributed by atoms with Crippen LogP contribution in [-0.4, -0.2) is 24.8 Å². The summed E-state index contributed by atoms with van der Waals surface area (Å²) in [6.45, 7) is 2.09. The maximum atomic E-state index is 11.3. The third-order valence-corrected chi connectivity index (χ3v) is 5.92. The molecule has 0 N–H and O–H groups in total. The average molecular weight is 304 g/mol. The SMILES string of the molecule is COc1ccc(C(C)CSC(=O)PP)c(OC)c1. The van der Waals surface area contributed by atoms with Crippen LogP contribution < -0.4 is 9.47 Å². The lowest BCUT2D eigenvalue weighted by molar-refractivity contribution is 0.276. The fraction of sp³-hybridized carbons (Fsp3) is 0.417. The quantitative estimate of drug-likeness (QED) is 0.740. The molecule has 6 heteroatoms. The Bertz CT molecular complexity index is 412. The third kappa shape index (κ3) is 4.42.